The van der Waals surface area contributed by atoms with Crippen molar-refractivity contribution in [2.45, 2.75) is 62.3 Å². The van der Waals surface area contributed by atoms with Crippen LogP contribution in [0.2, 0.25) is 0 Å². The van der Waals surface area contributed by atoms with Crippen molar-refractivity contribution in [3.8, 4) is 39.9 Å². The lowest BCUT2D eigenvalue weighted by molar-refractivity contribution is -0.121. The van der Waals surface area contributed by atoms with Crippen LogP contribution >= 0.6 is 11.8 Å². The van der Waals surface area contributed by atoms with Crippen LogP contribution in [0, 0.1) is 0 Å². The van der Waals surface area contributed by atoms with Crippen LogP contribution in [0.25, 0.3) is 28.0 Å². The number of primary amides is 1. The van der Waals surface area contributed by atoms with Gasteiger partial charge >= 0.3 is 11.7 Å². The van der Waals surface area contributed by atoms with Crippen molar-refractivity contribution in [1.82, 2.24) is 35.8 Å². The van der Waals surface area contributed by atoms with Crippen molar-refractivity contribution >= 4 is 46.5 Å². The lowest BCUT2D eigenvalue weighted by Crippen LogP contribution is -2.36. The number of benzene rings is 2. The second-order valence-corrected chi connectivity index (χ2v) is 15.0. The number of pyridine rings is 1. The standard InChI is InChI=1S/C39H48N8O9S/c1-53-27-13-12-21(24-19-26-33(34(43-24)36(40)49)46-39(52)47(26)22-17-28(54-2)35(56-4)29(18-22)55-3)16-23(27)37(50)42-15-9-5-8-14-41-31(48)11-7-6-10-30-32-25(20-57-30)44-38(51)45-32/h12-13,16-19,25,30,32H,5-11,14-15,20H2,1-4H3,(H2,40,49)(H,41,48)(H,42,50)(H,46,52)(H2,44,45,51)/t25-,30-,32-/m0/s1. The van der Waals surface area contributed by atoms with Gasteiger partial charge in [-0.3, -0.25) is 19.0 Å². The Hall–Kier alpha value is -5.91. The number of hydrogen-bond acceptors (Lipinski definition) is 11. The van der Waals surface area contributed by atoms with E-state index in [1.165, 1.54) is 33.0 Å². The molecule has 2 fully saturated rings. The highest BCUT2D eigenvalue weighted by Gasteiger charge is 2.42. The molecule has 2 aromatic carbocycles. The largest absolute Gasteiger partial charge is 0.496 e. The summed E-state index contributed by atoms with van der Waals surface area (Å²) in [6, 6.07) is 10.0. The molecule has 0 spiro atoms. The molecule has 2 aliphatic heterocycles. The summed E-state index contributed by atoms with van der Waals surface area (Å²) in [6.45, 7) is 0.958. The Bertz CT molecular complexity index is 2180. The lowest BCUT2D eigenvalue weighted by atomic mass is 10.0. The van der Waals surface area contributed by atoms with Crippen molar-refractivity contribution in [2.24, 2.45) is 5.73 Å². The summed E-state index contributed by atoms with van der Waals surface area (Å²) in [7, 11) is 5.84. The first-order valence-corrected chi connectivity index (χ1v) is 19.8. The molecule has 18 heteroatoms. The molecular formula is C39H48N8O9S. The molecule has 0 radical (unpaired) electrons. The van der Waals surface area contributed by atoms with E-state index in [9.17, 15) is 24.0 Å². The van der Waals surface area contributed by atoms with Gasteiger partial charge < -0.3 is 50.9 Å². The van der Waals surface area contributed by atoms with Crippen molar-refractivity contribution in [3.63, 3.8) is 0 Å². The molecule has 4 aromatic rings. The maximum atomic E-state index is 13.4. The van der Waals surface area contributed by atoms with Gasteiger partial charge in [0.15, 0.2) is 17.2 Å². The number of amides is 5. The fourth-order valence-electron chi connectivity index (χ4n) is 7.24. The van der Waals surface area contributed by atoms with E-state index in [1.807, 2.05) is 11.8 Å². The Balaban J connectivity index is 1.05. The van der Waals surface area contributed by atoms with E-state index < -0.39 is 11.6 Å². The topological polar surface area (TPSA) is 230 Å². The number of imidazole rings is 1. The minimum atomic E-state index is -0.863. The number of nitrogens with zero attached hydrogens (tertiary/aromatic N) is 2. The van der Waals surface area contributed by atoms with Gasteiger partial charge in [-0.2, -0.15) is 11.8 Å². The average Bonchev–Trinajstić information content (AvgIpc) is 3.88. The summed E-state index contributed by atoms with van der Waals surface area (Å²) < 4.78 is 23.2. The fourth-order valence-corrected chi connectivity index (χ4v) is 8.78. The van der Waals surface area contributed by atoms with Gasteiger partial charge in [0, 0.05) is 48.2 Å². The number of urea groups is 1. The van der Waals surface area contributed by atoms with Crippen LogP contribution in [0.3, 0.4) is 0 Å². The van der Waals surface area contributed by atoms with E-state index in [4.69, 9.17) is 24.7 Å². The number of carbonyl (C=O) groups excluding carboxylic acids is 4. The molecule has 5 amide bonds. The minimum Gasteiger partial charge on any atom is -0.496 e. The van der Waals surface area contributed by atoms with Crippen molar-refractivity contribution in [2.75, 3.05) is 47.3 Å². The van der Waals surface area contributed by atoms with Gasteiger partial charge in [0.05, 0.1) is 68.5 Å². The first kappa shape index (κ1) is 40.7. The van der Waals surface area contributed by atoms with E-state index in [0.29, 0.717) is 70.9 Å². The number of nitrogens with two attached hydrogens (primary N) is 1. The molecule has 2 saturated heterocycles. The molecule has 7 N–H and O–H groups in total. The quantitative estimate of drug-likeness (QED) is 0.0595. The maximum absolute atomic E-state index is 13.4. The summed E-state index contributed by atoms with van der Waals surface area (Å²) in [6.07, 6.45) is 5.44. The number of carbonyl (C=O) groups is 4. The summed E-state index contributed by atoms with van der Waals surface area (Å²) >= 11 is 1.88. The van der Waals surface area contributed by atoms with E-state index >= 15 is 0 Å². The maximum Gasteiger partial charge on any atom is 0.331 e. The number of H-pyrrole nitrogens is 1. The highest BCUT2D eigenvalue weighted by Crippen LogP contribution is 2.40. The van der Waals surface area contributed by atoms with Crippen LogP contribution < -0.4 is 51.6 Å². The summed E-state index contributed by atoms with van der Waals surface area (Å²) in [5.74, 6) is 1.01. The van der Waals surface area contributed by atoms with E-state index in [1.54, 1.807) is 36.4 Å². The fraction of sp³-hybridized carbons (Fsp3) is 0.436. The zero-order chi connectivity index (χ0) is 40.6. The van der Waals surface area contributed by atoms with Crippen LogP contribution in [0.1, 0.15) is 65.8 Å². The molecule has 6 rings (SSSR count). The van der Waals surface area contributed by atoms with Gasteiger partial charge in [0.1, 0.15) is 5.75 Å². The molecule has 57 heavy (non-hydrogen) atoms. The number of fused-ring (bicyclic) bond motifs is 2. The molecule has 4 heterocycles. The minimum absolute atomic E-state index is 0.0284. The SMILES string of the molecule is COc1ccc(-c2cc3c([nH]c(=O)n3-c3cc(OC)c(OC)c(OC)c3)c(C(N)=O)n2)cc1C(=O)NCCCCCNC(=O)CCCC[C@@H]1SC[C@@H]2NC(=O)N[C@@H]21. The number of rotatable bonds is 19. The number of methoxy groups -OCH3 is 4. The third-order valence-corrected chi connectivity index (χ3v) is 11.6. The van der Waals surface area contributed by atoms with Gasteiger partial charge in [-0.1, -0.05) is 6.42 Å². The van der Waals surface area contributed by atoms with E-state index in [2.05, 4.69) is 31.2 Å². The zero-order valence-electron chi connectivity index (χ0n) is 32.3. The van der Waals surface area contributed by atoms with E-state index in [-0.39, 0.29) is 52.4 Å². The molecule has 0 aliphatic carbocycles. The lowest BCUT2D eigenvalue weighted by Gasteiger charge is -2.16. The Morgan fingerprint density at radius 2 is 1.60 bits per heavy atom. The number of aromatic amines is 1. The molecule has 3 atom stereocenters. The first-order chi connectivity index (χ1) is 27.6. The Kier molecular flexibility index (Phi) is 13.1. The molecule has 2 aliphatic rings. The molecule has 304 valence electrons. The number of unbranched alkanes of at least 4 members (excludes halogenated alkanes) is 3. The normalized spacial score (nSPS) is 17.1. The van der Waals surface area contributed by atoms with E-state index in [0.717, 1.165) is 37.9 Å². The third-order valence-electron chi connectivity index (χ3n) is 10.1. The Morgan fingerprint density at radius 3 is 2.28 bits per heavy atom. The molecular weight excluding hydrogens is 757 g/mol. The van der Waals surface area contributed by atoms with Crippen molar-refractivity contribution in [1.29, 1.82) is 0 Å². The summed E-state index contributed by atoms with van der Waals surface area (Å²) in [4.78, 5) is 70.6. The predicted molar refractivity (Wildman–Crippen MR) is 215 cm³/mol. The first-order valence-electron chi connectivity index (χ1n) is 18.7. The van der Waals surface area contributed by atoms with Gasteiger partial charge in [-0.25, -0.2) is 14.6 Å². The molecule has 17 nitrogen and oxygen atoms in total. The van der Waals surface area contributed by atoms with Crippen LogP contribution in [-0.2, 0) is 4.79 Å². The van der Waals surface area contributed by atoms with Crippen molar-refractivity contribution < 1.29 is 38.1 Å². The number of ether oxygens (including phenoxy) is 4. The molecule has 0 bridgehead atoms. The van der Waals surface area contributed by atoms with Gasteiger partial charge in [0.2, 0.25) is 11.7 Å². The Morgan fingerprint density at radius 1 is 0.877 bits per heavy atom. The van der Waals surface area contributed by atoms with Crippen LogP contribution in [-0.4, -0.2) is 103 Å². The summed E-state index contributed by atoms with van der Waals surface area (Å²) in [5.41, 5.74) is 6.78. The second-order valence-electron chi connectivity index (χ2n) is 13.7. The summed E-state index contributed by atoms with van der Waals surface area (Å²) in [5, 5.41) is 12.3. The average molecular weight is 805 g/mol. The number of aromatic nitrogens is 3. The van der Waals surface area contributed by atoms with Gasteiger partial charge in [0.25, 0.3) is 11.8 Å². The molecule has 0 saturated carbocycles. The van der Waals surface area contributed by atoms with Crippen molar-refractivity contribution in [3.05, 3.63) is 58.1 Å². The highest BCUT2D eigenvalue weighted by atomic mass is 32.2. The third kappa shape index (κ3) is 9.06. The predicted octanol–water partition coefficient (Wildman–Crippen LogP) is 3.26. The van der Waals surface area contributed by atoms with Crippen LogP contribution in [0.15, 0.2) is 41.2 Å². The van der Waals surface area contributed by atoms with Crippen LogP contribution in [0.5, 0.6) is 23.0 Å². The monoisotopic (exact) mass is 804 g/mol. The smallest absolute Gasteiger partial charge is 0.331 e. The Labute approximate surface area is 333 Å². The number of nitrogens with one attached hydrogen (secondary N) is 5. The second kappa shape index (κ2) is 18.4. The van der Waals surface area contributed by atoms with Gasteiger partial charge in [-0.05, 0) is 56.4 Å². The zero-order valence-corrected chi connectivity index (χ0v) is 33.1. The van der Waals surface area contributed by atoms with Gasteiger partial charge in [-0.15, -0.1) is 0 Å². The molecule has 0 unspecified atom stereocenters. The molecule has 2 aromatic heterocycles. The van der Waals surface area contributed by atoms with Crippen LogP contribution in [0.4, 0.5) is 4.79 Å². The number of thioether (sulfide) groups is 1. The number of hydrogen-bond donors (Lipinski definition) is 6. The highest BCUT2D eigenvalue weighted by molar-refractivity contribution is 8.00.